The van der Waals surface area contributed by atoms with Crippen LogP contribution in [0.2, 0.25) is 0 Å². The number of hydrogen-bond donors (Lipinski definition) is 0. The number of ether oxygens (including phenoxy) is 1. The fraction of sp³-hybridized carbons (Fsp3) is 0.462. The molecule has 2 aliphatic rings. The van der Waals surface area contributed by atoms with E-state index in [0.717, 1.165) is 25.6 Å². The van der Waals surface area contributed by atoms with Crippen molar-refractivity contribution in [3.8, 4) is 0 Å². The summed E-state index contributed by atoms with van der Waals surface area (Å²) >= 11 is 0. The summed E-state index contributed by atoms with van der Waals surface area (Å²) in [7, 11) is 0. The first-order valence-electron chi connectivity index (χ1n) is 5.90. The van der Waals surface area contributed by atoms with Gasteiger partial charge in [-0.05, 0) is 31.4 Å². The molecule has 0 aromatic heterocycles. The molecule has 3 rings (SSSR count). The summed E-state index contributed by atoms with van der Waals surface area (Å²) in [6, 6.07) is 9.83. The number of nitrogens with zero attached hydrogens (tertiary/aromatic N) is 2. The monoisotopic (exact) mass is 216 g/mol. The van der Waals surface area contributed by atoms with Gasteiger partial charge >= 0.3 is 0 Å². The molecule has 0 fully saturated rings. The fourth-order valence-corrected chi connectivity index (χ4v) is 2.45. The van der Waals surface area contributed by atoms with Crippen molar-refractivity contribution in [2.24, 2.45) is 4.99 Å². The molecule has 1 aromatic rings. The highest BCUT2D eigenvalue weighted by atomic mass is 16.5. The third kappa shape index (κ3) is 1.47. The molecule has 2 aliphatic heterocycles. The highest BCUT2D eigenvalue weighted by Gasteiger charge is 2.28. The van der Waals surface area contributed by atoms with Crippen LogP contribution in [0.4, 0.5) is 5.69 Å². The summed E-state index contributed by atoms with van der Waals surface area (Å²) in [6.45, 7) is 3.75. The van der Waals surface area contributed by atoms with E-state index in [1.54, 1.807) is 0 Å². The van der Waals surface area contributed by atoms with E-state index in [9.17, 15) is 0 Å². The number of amidine groups is 1. The van der Waals surface area contributed by atoms with Gasteiger partial charge in [-0.3, -0.25) is 4.90 Å². The summed E-state index contributed by atoms with van der Waals surface area (Å²) in [5.74, 6) is 0. The molecule has 0 bridgehead atoms. The minimum absolute atomic E-state index is 0.478. The van der Waals surface area contributed by atoms with E-state index in [-0.39, 0.29) is 0 Å². The topological polar surface area (TPSA) is 24.8 Å². The Morgan fingerprint density at radius 2 is 2.25 bits per heavy atom. The Balaban J connectivity index is 2.03. The Labute approximate surface area is 95.7 Å². The number of anilines is 1. The maximum Gasteiger partial charge on any atom is 0.292 e. The minimum Gasteiger partial charge on any atom is -0.463 e. The van der Waals surface area contributed by atoms with Gasteiger partial charge in [0.1, 0.15) is 6.61 Å². The normalized spacial score (nSPS) is 23.7. The van der Waals surface area contributed by atoms with Crippen molar-refractivity contribution in [3.05, 3.63) is 29.8 Å². The Kier molecular flexibility index (Phi) is 2.31. The van der Waals surface area contributed by atoms with Crippen LogP contribution in [0.25, 0.3) is 0 Å². The van der Waals surface area contributed by atoms with Crippen molar-refractivity contribution in [2.75, 3.05) is 18.1 Å². The molecular weight excluding hydrogens is 200 g/mol. The predicted molar refractivity (Wildman–Crippen MR) is 65.0 cm³/mol. The Morgan fingerprint density at radius 1 is 1.38 bits per heavy atom. The standard InChI is InChI=1S/C13H16N2O/c1-10-6-7-11-4-2-3-5-12(11)15(10)13-14-8-9-16-13/h2-5,10H,6-9H2,1H3/t10-/m1/s1. The van der Waals surface area contributed by atoms with E-state index < -0.39 is 0 Å². The summed E-state index contributed by atoms with van der Waals surface area (Å²) < 4.78 is 5.60. The van der Waals surface area contributed by atoms with Crippen LogP contribution >= 0.6 is 0 Å². The number of aliphatic imine (C=N–C) groups is 1. The Bertz CT molecular complexity index is 428. The quantitative estimate of drug-likeness (QED) is 0.664. The molecule has 0 unspecified atom stereocenters. The molecular formula is C13H16N2O. The average Bonchev–Trinajstić information content (AvgIpc) is 2.82. The first-order chi connectivity index (χ1) is 7.86. The molecule has 0 saturated heterocycles. The molecule has 0 radical (unpaired) electrons. The molecule has 2 heterocycles. The van der Waals surface area contributed by atoms with Crippen LogP contribution in [-0.4, -0.2) is 25.2 Å². The van der Waals surface area contributed by atoms with Crippen LogP contribution in [0.3, 0.4) is 0 Å². The van der Waals surface area contributed by atoms with Gasteiger partial charge in [0.05, 0.1) is 6.54 Å². The zero-order valence-electron chi connectivity index (χ0n) is 9.52. The molecule has 0 N–H and O–H groups in total. The van der Waals surface area contributed by atoms with Gasteiger partial charge in [0.15, 0.2) is 0 Å². The minimum atomic E-state index is 0.478. The van der Waals surface area contributed by atoms with Gasteiger partial charge in [-0.15, -0.1) is 0 Å². The summed E-state index contributed by atoms with van der Waals surface area (Å²) in [5, 5.41) is 0. The average molecular weight is 216 g/mol. The number of hydrogen-bond acceptors (Lipinski definition) is 3. The molecule has 3 nitrogen and oxygen atoms in total. The number of fused-ring (bicyclic) bond motifs is 1. The lowest BCUT2D eigenvalue weighted by Gasteiger charge is -2.35. The van der Waals surface area contributed by atoms with Gasteiger partial charge < -0.3 is 4.74 Å². The summed E-state index contributed by atoms with van der Waals surface area (Å²) in [5.41, 5.74) is 2.67. The summed E-state index contributed by atoms with van der Waals surface area (Å²) in [4.78, 5) is 6.67. The second-order valence-electron chi connectivity index (χ2n) is 4.40. The summed E-state index contributed by atoms with van der Waals surface area (Å²) in [6.07, 6.45) is 2.32. The maximum atomic E-state index is 5.60. The molecule has 3 heteroatoms. The molecule has 0 spiro atoms. The Hall–Kier alpha value is -1.51. The van der Waals surface area contributed by atoms with Crippen LogP contribution in [0.1, 0.15) is 18.9 Å². The molecule has 1 atom stereocenters. The van der Waals surface area contributed by atoms with Gasteiger partial charge in [0.25, 0.3) is 6.02 Å². The van der Waals surface area contributed by atoms with Crippen LogP contribution < -0.4 is 4.90 Å². The van der Waals surface area contributed by atoms with Crippen LogP contribution in [0.5, 0.6) is 0 Å². The molecule has 0 amide bonds. The molecule has 0 saturated carbocycles. The van der Waals surface area contributed by atoms with Gasteiger partial charge in [-0.1, -0.05) is 18.2 Å². The van der Waals surface area contributed by atoms with Gasteiger partial charge in [0.2, 0.25) is 0 Å². The SMILES string of the molecule is C[C@@H]1CCc2ccccc2N1C1=NCCO1. The van der Waals surface area contributed by atoms with Crippen molar-refractivity contribution >= 4 is 11.7 Å². The third-order valence-corrected chi connectivity index (χ3v) is 3.30. The van der Waals surface area contributed by atoms with Crippen LogP contribution in [0, 0.1) is 0 Å². The van der Waals surface area contributed by atoms with E-state index in [0.29, 0.717) is 6.04 Å². The zero-order chi connectivity index (χ0) is 11.0. The highest BCUT2D eigenvalue weighted by molar-refractivity contribution is 5.94. The van der Waals surface area contributed by atoms with Crippen molar-refractivity contribution in [1.82, 2.24) is 0 Å². The van der Waals surface area contributed by atoms with E-state index in [1.165, 1.54) is 17.7 Å². The van der Waals surface area contributed by atoms with Crippen molar-refractivity contribution < 1.29 is 4.74 Å². The van der Waals surface area contributed by atoms with E-state index >= 15 is 0 Å². The molecule has 84 valence electrons. The zero-order valence-corrected chi connectivity index (χ0v) is 9.52. The number of aryl methyl sites for hydroxylation is 1. The van der Waals surface area contributed by atoms with Gasteiger partial charge in [-0.2, -0.15) is 0 Å². The lowest BCUT2D eigenvalue weighted by atomic mass is 9.97. The van der Waals surface area contributed by atoms with Crippen molar-refractivity contribution in [3.63, 3.8) is 0 Å². The smallest absolute Gasteiger partial charge is 0.292 e. The van der Waals surface area contributed by atoms with Crippen molar-refractivity contribution in [2.45, 2.75) is 25.8 Å². The lowest BCUT2D eigenvalue weighted by Crippen LogP contribution is -2.42. The van der Waals surface area contributed by atoms with Crippen LogP contribution in [-0.2, 0) is 11.2 Å². The predicted octanol–water partition coefficient (Wildman–Crippen LogP) is 2.21. The first-order valence-corrected chi connectivity index (χ1v) is 5.90. The van der Waals surface area contributed by atoms with E-state index in [2.05, 4.69) is 41.1 Å². The second-order valence-corrected chi connectivity index (χ2v) is 4.40. The molecule has 16 heavy (non-hydrogen) atoms. The van der Waals surface area contributed by atoms with Crippen LogP contribution in [0.15, 0.2) is 29.3 Å². The molecule has 1 aromatic carbocycles. The first kappa shape index (κ1) is 9.70. The van der Waals surface area contributed by atoms with Gasteiger partial charge in [-0.25, -0.2) is 4.99 Å². The largest absolute Gasteiger partial charge is 0.463 e. The number of benzene rings is 1. The van der Waals surface area contributed by atoms with E-state index in [1.807, 2.05) is 0 Å². The number of rotatable bonds is 0. The fourth-order valence-electron chi connectivity index (χ4n) is 2.45. The molecule has 0 aliphatic carbocycles. The van der Waals surface area contributed by atoms with Crippen molar-refractivity contribution in [1.29, 1.82) is 0 Å². The maximum absolute atomic E-state index is 5.60. The van der Waals surface area contributed by atoms with E-state index in [4.69, 9.17) is 4.74 Å². The third-order valence-electron chi connectivity index (χ3n) is 3.30. The Morgan fingerprint density at radius 3 is 3.06 bits per heavy atom. The highest BCUT2D eigenvalue weighted by Crippen LogP contribution is 2.31. The number of para-hydroxylation sites is 1. The second kappa shape index (κ2) is 3.81. The van der Waals surface area contributed by atoms with Gasteiger partial charge in [0, 0.05) is 11.7 Å². The lowest BCUT2D eigenvalue weighted by molar-refractivity contribution is 0.333.